The molecule has 0 aliphatic heterocycles. The van der Waals surface area contributed by atoms with Gasteiger partial charge in [-0.05, 0) is 40.8 Å². The number of rotatable bonds is 2. The molecule has 0 radical (unpaired) electrons. The Balaban J connectivity index is 2.13. The number of hydrogen-bond acceptors (Lipinski definition) is 1. The number of alkyl halides is 1. The largest absolute Gasteiger partial charge is 0.126 e. The second kappa shape index (κ2) is 4.86. The lowest BCUT2D eigenvalue weighted by atomic mass is 10.0. The van der Waals surface area contributed by atoms with Crippen LogP contribution >= 0.6 is 54.8 Å². The highest BCUT2D eigenvalue weighted by Crippen LogP contribution is 2.46. The highest BCUT2D eigenvalue weighted by atomic mass is 79.9. The molecule has 0 amide bonds. The van der Waals surface area contributed by atoms with Crippen LogP contribution in [0.25, 0.3) is 0 Å². The minimum absolute atomic E-state index is 0.499. The average Bonchev–Trinajstić information content (AvgIpc) is 2.76. The molecule has 1 aromatic heterocycles. The van der Waals surface area contributed by atoms with Crippen LogP contribution in [0.2, 0.25) is 4.34 Å². The van der Waals surface area contributed by atoms with E-state index in [1.165, 1.54) is 30.6 Å². The molecule has 4 heteroatoms. The quantitative estimate of drug-likeness (QED) is 0.587. The van der Waals surface area contributed by atoms with Crippen molar-refractivity contribution in [2.75, 3.05) is 0 Å². The van der Waals surface area contributed by atoms with Gasteiger partial charge in [0.25, 0.3) is 0 Å². The minimum atomic E-state index is 0.499. The van der Waals surface area contributed by atoms with E-state index in [0.29, 0.717) is 4.83 Å². The zero-order valence-corrected chi connectivity index (χ0v) is 12.3. The summed E-state index contributed by atoms with van der Waals surface area (Å²) in [5, 5.41) is 0. The van der Waals surface area contributed by atoms with Crippen molar-refractivity contribution >= 4 is 54.8 Å². The van der Waals surface area contributed by atoms with Gasteiger partial charge >= 0.3 is 0 Å². The van der Waals surface area contributed by atoms with Gasteiger partial charge in [-0.2, -0.15) is 0 Å². The average molecular weight is 359 g/mol. The van der Waals surface area contributed by atoms with Gasteiger partial charge in [-0.15, -0.1) is 11.3 Å². The molecule has 78 valence electrons. The molecule has 1 aliphatic carbocycles. The second-order valence-corrected chi connectivity index (χ2v) is 7.24. The van der Waals surface area contributed by atoms with Crippen molar-refractivity contribution in [3.05, 3.63) is 19.8 Å². The third-order valence-electron chi connectivity index (χ3n) is 2.75. The van der Waals surface area contributed by atoms with Gasteiger partial charge in [-0.3, -0.25) is 0 Å². The van der Waals surface area contributed by atoms with Gasteiger partial charge in [0, 0.05) is 9.35 Å². The number of hydrogen-bond donors (Lipinski definition) is 0. The smallest absolute Gasteiger partial charge is 0.107 e. The number of halogens is 3. The maximum Gasteiger partial charge on any atom is 0.107 e. The van der Waals surface area contributed by atoms with Crippen molar-refractivity contribution in [3.8, 4) is 0 Å². The fourth-order valence-corrected chi connectivity index (χ4v) is 4.73. The Morgan fingerprint density at radius 1 is 1.43 bits per heavy atom. The Bertz CT molecular complexity index is 298. The lowest BCUT2D eigenvalue weighted by molar-refractivity contribution is 0.546. The first kappa shape index (κ1) is 11.4. The van der Waals surface area contributed by atoms with Gasteiger partial charge in [-0.25, -0.2) is 0 Å². The van der Waals surface area contributed by atoms with Crippen LogP contribution in [0.1, 0.15) is 35.4 Å². The van der Waals surface area contributed by atoms with Crippen molar-refractivity contribution in [2.24, 2.45) is 5.92 Å². The highest BCUT2D eigenvalue weighted by Gasteiger charge is 2.25. The van der Waals surface area contributed by atoms with E-state index in [-0.39, 0.29) is 0 Å². The van der Waals surface area contributed by atoms with Crippen LogP contribution < -0.4 is 0 Å². The normalized spacial score (nSPS) is 20.2. The molecule has 0 spiro atoms. The van der Waals surface area contributed by atoms with Gasteiger partial charge in [0.05, 0.1) is 4.83 Å². The lowest BCUT2D eigenvalue weighted by Crippen LogP contribution is -2.00. The molecule has 1 unspecified atom stereocenters. The Kier molecular flexibility index (Phi) is 3.97. The minimum Gasteiger partial charge on any atom is -0.126 e. The van der Waals surface area contributed by atoms with Crippen LogP contribution in [-0.2, 0) is 0 Å². The molecule has 1 fully saturated rings. The Morgan fingerprint density at radius 3 is 2.57 bits per heavy atom. The van der Waals surface area contributed by atoms with E-state index in [4.69, 9.17) is 11.6 Å². The zero-order valence-electron chi connectivity index (χ0n) is 7.60. The molecule has 1 aromatic rings. The van der Waals surface area contributed by atoms with Crippen LogP contribution in [-0.4, -0.2) is 0 Å². The molecule has 0 nitrogen and oxygen atoms in total. The van der Waals surface area contributed by atoms with Crippen molar-refractivity contribution < 1.29 is 0 Å². The topological polar surface area (TPSA) is 0 Å². The summed E-state index contributed by atoms with van der Waals surface area (Å²) in [6, 6.07) is 2.14. The summed E-state index contributed by atoms with van der Waals surface area (Å²) in [4.78, 5) is 1.85. The van der Waals surface area contributed by atoms with Gasteiger partial charge in [0.15, 0.2) is 0 Å². The van der Waals surface area contributed by atoms with Crippen molar-refractivity contribution in [3.63, 3.8) is 0 Å². The molecule has 0 bridgehead atoms. The van der Waals surface area contributed by atoms with E-state index >= 15 is 0 Å². The fourth-order valence-electron chi connectivity index (χ4n) is 1.98. The fraction of sp³-hybridized carbons (Fsp3) is 0.600. The Hall–Kier alpha value is 0.950. The molecule has 0 N–H and O–H groups in total. The van der Waals surface area contributed by atoms with E-state index in [9.17, 15) is 0 Å². The summed E-state index contributed by atoms with van der Waals surface area (Å²) >= 11 is 15.0. The van der Waals surface area contributed by atoms with E-state index in [2.05, 4.69) is 37.9 Å². The van der Waals surface area contributed by atoms with Gasteiger partial charge in [-0.1, -0.05) is 40.4 Å². The standard InChI is InChI=1S/C10H11Br2ClS/c11-7-5-8(14-10(7)13)9(12)6-3-1-2-4-6/h5-6,9H,1-4H2. The van der Waals surface area contributed by atoms with Gasteiger partial charge in [0.2, 0.25) is 0 Å². The van der Waals surface area contributed by atoms with E-state index in [0.717, 1.165) is 14.7 Å². The molecule has 0 saturated heterocycles. The van der Waals surface area contributed by atoms with Crippen LogP contribution in [0, 0.1) is 5.92 Å². The Morgan fingerprint density at radius 2 is 2.07 bits per heavy atom. The van der Waals surface area contributed by atoms with Crippen LogP contribution in [0.15, 0.2) is 10.5 Å². The number of thiophene rings is 1. The molecule has 1 aliphatic rings. The first-order valence-corrected chi connectivity index (χ1v) is 7.67. The van der Waals surface area contributed by atoms with E-state index < -0.39 is 0 Å². The highest BCUT2D eigenvalue weighted by molar-refractivity contribution is 9.10. The summed E-state index contributed by atoms with van der Waals surface area (Å²) in [7, 11) is 0. The summed E-state index contributed by atoms with van der Waals surface area (Å²) in [6.07, 6.45) is 5.46. The summed E-state index contributed by atoms with van der Waals surface area (Å²) in [5.74, 6) is 0.802. The molecular weight excluding hydrogens is 347 g/mol. The third kappa shape index (κ3) is 2.37. The van der Waals surface area contributed by atoms with Crippen LogP contribution in [0.5, 0.6) is 0 Å². The lowest BCUT2D eigenvalue weighted by Gasteiger charge is -2.14. The SMILES string of the molecule is Clc1sc(C(Br)C2CCCC2)cc1Br. The van der Waals surface area contributed by atoms with Crippen LogP contribution in [0.3, 0.4) is 0 Å². The molecule has 14 heavy (non-hydrogen) atoms. The predicted octanol–water partition coefficient (Wildman–Crippen LogP) is 5.79. The molecule has 1 heterocycles. The maximum atomic E-state index is 6.03. The van der Waals surface area contributed by atoms with E-state index in [1.807, 2.05) is 0 Å². The zero-order chi connectivity index (χ0) is 10.1. The van der Waals surface area contributed by atoms with E-state index in [1.54, 1.807) is 11.3 Å². The van der Waals surface area contributed by atoms with Crippen molar-refractivity contribution in [1.29, 1.82) is 0 Å². The molecule has 1 saturated carbocycles. The van der Waals surface area contributed by atoms with Gasteiger partial charge in [0.1, 0.15) is 4.34 Å². The predicted molar refractivity (Wildman–Crippen MR) is 70.7 cm³/mol. The maximum absolute atomic E-state index is 6.03. The van der Waals surface area contributed by atoms with Crippen molar-refractivity contribution in [1.82, 2.24) is 0 Å². The molecule has 0 aromatic carbocycles. The molecule has 1 atom stereocenters. The van der Waals surface area contributed by atoms with Gasteiger partial charge < -0.3 is 0 Å². The molecular formula is C10H11Br2ClS. The van der Waals surface area contributed by atoms with Crippen LogP contribution in [0.4, 0.5) is 0 Å². The van der Waals surface area contributed by atoms with Crippen molar-refractivity contribution in [2.45, 2.75) is 30.5 Å². The second-order valence-electron chi connectivity index (χ2n) is 3.72. The third-order valence-corrected chi connectivity index (χ3v) is 6.85. The first-order valence-electron chi connectivity index (χ1n) is 4.77. The monoisotopic (exact) mass is 356 g/mol. The summed E-state index contributed by atoms with van der Waals surface area (Å²) in [6.45, 7) is 0. The first-order chi connectivity index (χ1) is 6.68. The summed E-state index contributed by atoms with van der Waals surface area (Å²) in [5.41, 5.74) is 0. The summed E-state index contributed by atoms with van der Waals surface area (Å²) < 4.78 is 1.89. The molecule has 2 rings (SSSR count). The Labute approximate surface area is 110 Å².